The van der Waals surface area contributed by atoms with Gasteiger partial charge in [-0.15, -0.1) is 0 Å². The van der Waals surface area contributed by atoms with E-state index in [4.69, 9.17) is 10.9 Å². The van der Waals surface area contributed by atoms with Crippen molar-refractivity contribution in [3.63, 3.8) is 0 Å². The lowest BCUT2D eigenvalue weighted by molar-refractivity contribution is 0.102. The number of carbonyl (C=O) groups excluding carboxylic acids is 1. The van der Waals surface area contributed by atoms with Crippen molar-refractivity contribution >= 4 is 17.4 Å². The van der Waals surface area contributed by atoms with Crippen LogP contribution in [0.3, 0.4) is 0 Å². The van der Waals surface area contributed by atoms with Crippen LogP contribution in [0.1, 0.15) is 15.9 Å². The Bertz CT molecular complexity index is 676. The van der Waals surface area contributed by atoms with Crippen LogP contribution >= 0.6 is 0 Å². The van der Waals surface area contributed by atoms with Crippen molar-refractivity contribution in [2.75, 3.05) is 5.32 Å². The fraction of sp³-hybridized carbons (Fsp3) is 0. The maximum Gasteiger partial charge on any atom is 0.255 e. The summed E-state index contributed by atoms with van der Waals surface area (Å²) in [5, 5.41) is 32.7. The van der Waals surface area contributed by atoms with Crippen molar-refractivity contribution in [3.8, 4) is 11.5 Å². The molecule has 0 aliphatic carbocycles. The predicted molar refractivity (Wildman–Crippen MR) is 76.7 cm³/mol. The summed E-state index contributed by atoms with van der Waals surface area (Å²) in [6, 6.07) is 9.90. The van der Waals surface area contributed by atoms with Crippen LogP contribution in [-0.2, 0) is 0 Å². The lowest BCUT2D eigenvalue weighted by atomic mass is 10.1. The van der Waals surface area contributed by atoms with E-state index in [1.54, 1.807) is 24.3 Å². The maximum absolute atomic E-state index is 12.0. The quantitative estimate of drug-likeness (QED) is 0.252. The zero-order valence-corrected chi connectivity index (χ0v) is 10.8. The van der Waals surface area contributed by atoms with Gasteiger partial charge < -0.3 is 26.5 Å². The van der Waals surface area contributed by atoms with E-state index >= 15 is 0 Å². The second kappa shape index (κ2) is 5.83. The number of rotatable bonds is 3. The Balaban J connectivity index is 2.16. The predicted octanol–water partition coefficient (Wildman–Crippen LogP) is 1.44. The van der Waals surface area contributed by atoms with Crippen LogP contribution in [0, 0.1) is 0 Å². The zero-order valence-electron chi connectivity index (χ0n) is 10.8. The molecule has 0 fully saturated rings. The number of phenolic OH excluding ortho intramolecular Hbond substituents is 2. The smallest absolute Gasteiger partial charge is 0.255 e. The van der Waals surface area contributed by atoms with Crippen LogP contribution in [0.5, 0.6) is 11.5 Å². The molecule has 0 atom stereocenters. The molecular weight excluding hydrogens is 274 g/mol. The molecule has 0 aromatic heterocycles. The van der Waals surface area contributed by atoms with E-state index in [2.05, 4.69) is 10.5 Å². The number of nitrogens with one attached hydrogen (secondary N) is 1. The Morgan fingerprint density at radius 1 is 1.00 bits per heavy atom. The molecule has 7 heteroatoms. The molecule has 0 bridgehead atoms. The zero-order chi connectivity index (χ0) is 15.4. The number of nitrogens with zero attached hydrogens (tertiary/aromatic N) is 1. The lowest BCUT2D eigenvalue weighted by Crippen LogP contribution is -2.14. The van der Waals surface area contributed by atoms with Crippen LogP contribution in [0.15, 0.2) is 47.6 Å². The molecule has 0 aliphatic heterocycles. The highest BCUT2D eigenvalue weighted by molar-refractivity contribution is 6.05. The van der Waals surface area contributed by atoms with Gasteiger partial charge in [-0.25, -0.2) is 0 Å². The Morgan fingerprint density at radius 3 is 2.10 bits per heavy atom. The monoisotopic (exact) mass is 287 g/mol. The third-order valence-corrected chi connectivity index (χ3v) is 2.71. The van der Waals surface area contributed by atoms with E-state index in [0.717, 1.165) is 6.07 Å². The fourth-order valence-electron chi connectivity index (χ4n) is 1.71. The standard InChI is InChI=1S/C14H13N3O4/c15-13(17-21)8-1-3-10(4-2-8)16-14(20)9-5-11(18)7-12(19)6-9/h1-7,18-19,21H,(H2,15,17)(H,16,20). The number of carbonyl (C=O) groups is 1. The van der Waals surface area contributed by atoms with Gasteiger partial charge in [-0.3, -0.25) is 4.79 Å². The summed E-state index contributed by atoms with van der Waals surface area (Å²) in [6.07, 6.45) is 0. The number of anilines is 1. The SMILES string of the molecule is N/C(=N/O)c1ccc(NC(=O)c2cc(O)cc(O)c2)cc1. The normalized spacial score (nSPS) is 11.1. The van der Waals surface area contributed by atoms with Crippen molar-refractivity contribution in [3.05, 3.63) is 53.6 Å². The molecule has 2 aromatic carbocycles. The summed E-state index contributed by atoms with van der Waals surface area (Å²) in [6.45, 7) is 0. The summed E-state index contributed by atoms with van der Waals surface area (Å²) in [4.78, 5) is 12.0. The minimum absolute atomic E-state index is 0.0363. The van der Waals surface area contributed by atoms with E-state index in [0.29, 0.717) is 11.3 Å². The Morgan fingerprint density at radius 2 is 1.57 bits per heavy atom. The van der Waals surface area contributed by atoms with Gasteiger partial charge in [-0.1, -0.05) is 5.16 Å². The number of hydrogen-bond acceptors (Lipinski definition) is 5. The summed E-state index contributed by atoms with van der Waals surface area (Å²) in [5.41, 5.74) is 6.53. The number of oxime groups is 1. The van der Waals surface area contributed by atoms with Gasteiger partial charge in [-0.2, -0.15) is 0 Å². The maximum atomic E-state index is 12.0. The molecule has 21 heavy (non-hydrogen) atoms. The first-order valence-electron chi connectivity index (χ1n) is 5.92. The first-order chi connectivity index (χ1) is 9.99. The molecule has 0 spiro atoms. The van der Waals surface area contributed by atoms with Crippen molar-refractivity contribution in [1.29, 1.82) is 0 Å². The third kappa shape index (κ3) is 3.41. The fourth-order valence-corrected chi connectivity index (χ4v) is 1.71. The van der Waals surface area contributed by atoms with E-state index in [1.807, 2.05) is 0 Å². The second-order valence-electron chi connectivity index (χ2n) is 4.25. The lowest BCUT2D eigenvalue weighted by Gasteiger charge is -2.07. The molecule has 108 valence electrons. The molecule has 0 heterocycles. The Labute approximate surface area is 120 Å². The average Bonchev–Trinajstić information content (AvgIpc) is 2.46. The van der Waals surface area contributed by atoms with Gasteiger partial charge in [0.25, 0.3) is 5.91 Å². The molecular formula is C14H13N3O4. The average molecular weight is 287 g/mol. The Kier molecular flexibility index (Phi) is 3.94. The minimum Gasteiger partial charge on any atom is -0.508 e. The van der Waals surface area contributed by atoms with Crippen molar-refractivity contribution in [1.82, 2.24) is 0 Å². The van der Waals surface area contributed by atoms with Gasteiger partial charge in [-0.05, 0) is 36.4 Å². The molecule has 2 rings (SSSR count). The van der Waals surface area contributed by atoms with Crippen LogP contribution in [0.2, 0.25) is 0 Å². The van der Waals surface area contributed by atoms with Crippen LogP contribution in [0.25, 0.3) is 0 Å². The van der Waals surface area contributed by atoms with Gasteiger partial charge in [0, 0.05) is 22.9 Å². The molecule has 1 amide bonds. The molecule has 7 nitrogen and oxygen atoms in total. The second-order valence-corrected chi connectivity index (χ2v) is 4.25. The first kappa shape index (κ1) is 14.2. The molecule has 0 saturated carbocycles. The first-order valence-corrected chi connectivity index (χ1v) is 5.92. The highest BCUT2D eigenvalue weighted by Gasteiger charge is 2.09. The van der Waals surface area contributed by atoms with Crippen molar-refractivity contribution < 1.29 is 20.2 Å². The molecule has 0 aliphatic rings. The Hall–Kier alpha value is -3.22. The summed E-state index contributed by atoms with van der Waals surface area (Å²) >= 11 is 0. The van der Waals surface area contributed by atoms with Crippen molar-refractivity contribution in [2.45, 2.75) is 0 Å². The highest BCUT2D eigenvalue weighted by Crippen LogP contribution is 2.21. The van der Waals surface area contributed by atoms with Gasteiger partial charge in [0.1, 0.15) is 11.5 Å². The van der Waals surface area contributed by atoms with Crippen LogP contribution in [0.4, 0.5) is 5.69 Å². The number of nitrogens with two attached hydrogens (primary N) is 1. The summed E-state index contributed by atoms with van der Waals surface area (Å²) in [7, 11) is 0. The van der Waals surface area contributed by atoms with Crippen LogP contribution in [-0.4, -0.2) is 27.2 Å². The number of aromatic hydroxyl groups is 2. The van der Waals surface area contributed by atoms with Crippen LogP contribution < -0.4 is 11.1 Å². The van der Waals surface area contributed by atoms with Gasteiger partial charge in [0.05, 0.1) is 0 Å². The van der Waals surface area contributed by atoms with Gasteiger partial charge in [0.2, 0.25) is 0 Å². The topological polar surface area (TPSA) is 128 Å². The van der Waals surface area contributed by atoms with Gasteiger partial charge >= 0.3 is 0 Å². The molecule has 6 N–H and O–H groups in total. The van der Waals surface area contributed by atoms with Gasteiger partial charge in [0.15, 0.2) is 5.84 Å². The number of hydrogen-bond donors (Lipinski definition) is 5. The minimum atomic E-state index is -0.488. The van der Waals surface area contributed by atoms with E-state index in [-0.39, 0.29) is 22.9 Å². The van der Waals surface area contributed by atoms with E-state index in [1.165, 1.54) is 12.1 Å². The van der Waals surface area contributed by atoms with E-state index < -0.39 is 5.91 Å². The number of phenols is 2. The molecule has 0 unspecified atom stereocenters. The highest BCUT2D eigenvalue weighted by atomic mass is 16.4. The largest absolute Gasteiger partial charge is 0.508 e. The molecule has 2 aromatic rings. The number of amidine groups is 1. The van der Waals surface area contributed by atoms with Crippen molar-refractivity contribution in [2.24, 2.45) is 10.9 Å². The van der Waals surface area contributed by atoms with E-state index in [9.17, 15) is 15.0 Å². The third-order valence-electron chi connectivity index (χ3n) is 2.71. The summed E-state index contributed by atoms with van der Waals surface area (Å²) < 4.78 is 0. The molecule has 0 saturated heterocycles. The number of amides is 1. The molecule has 0 radical (unpaired) electrons. The summed E-state index contributed by atoms with van der Waals surface area (Å²) in [5.74, 6) is -0.937. The number of benzene rings is 2.